The lowest BCUT2D eigenvalue weighted by molar-refractivity contribution is -0.139. The monoisotopic (exact) mass is 255 g/mol. The van der Waals surface area contributed by atoms with Gasteiger partial charge in [0.05, 0.1) is 6.20 Å². The summed E-state index contributed by atoms with van der Waals surface area (Å²) in [6.07, 6.45) is 2.13. The lowest BCUT2D eigenvalue weighted by Gasteiger charge is -2.21. The van der Waals surface area contributed by atoms with Gasteiger partial charge in [0.2, 0.25) is 0 Å². The molecule has 0 aliphatic heterocycles. The number of amides is 1. The Hall–Kier alpha value is -2.05. The molecule has 1 heterocycles. The van der Waals surface area contributed by atoms with Crippen LogP contribution in [0.15, 0.2) is 12.4 Å². The fourth-order valence-corrected chi connectivity index (χ4v) is 1.30. The number of nitrogens with zero attached hydrogens (tertiary/aromatic N) is 2. The number of nitrogens with one attached hydrogen (secondary N) is 1. The van der Waals surface area contributed by atoms with E-state index in [2.05, 4.69) is 10.4 Å². The van der Waals surface area contributed by atoms with Gasteiger partial charge < -0.3 is 15.2 Å². The summed E-state index contributed by atoms with van der Waals surface area (Å²) in [6, 6.07) is -1.17. The first-order valence-electron chi connectivity index (χ1n) is 5.40. The zero-order valence-electron chi connectivity index (χ0n) is 10.8. The Morgan fingerprint density at radius 3 is 2.50 bits per heavy atom. The van der Waals surface area contributed by atoms with Crippen LogP contribution in [0.2, 0.25) is 0 Å². The average molecular weight is 255 g/mol. The van der Waals surface area contributed by atoms with E-state index in [0.717, 1.165) is 0 Å². The van der Waals surface area contributed by atoms with Crippen molar-refractivity contribution < 1.29 is 19.4 Å². The molecule has 1 aromatic rings. The summed E-state index contributed by atoms with van der Waals surface area (Å²) in [5.74, 6) is -1.17. The van der Waals surface area contributed by atoms with Gasteiger partial charge in [0.1, 0.15) is 5.60 Å². The zero-order chi connectivity index (χ0) is 13.9. The number of aryl methyl sites for hydroxylation is 1. The first-order valence-corrected chi connectivity index (χ1v) is 5.40. The van der Waals surface area contributed by atoms with E-state index in [1.54, 1.807) is 27.8 Å². The minimum absolute atomic E-state index is 0.385. The standard InChI is InChI=1S/C11H17N3O4/c1-11(2,3)18-10(17)13-8(9(15)16)7-5-12-14(4)6-7/h5-6,8H,1-4H3,(H,13,17)(H,15,16)/t8-/m1/s1. The van der Waals surface area contributed by atoms with Crippen LogP contribution >= 0.6 is 0 Å². The van der Waals surface area contributed by atoms with Crippen LogP contribution in [0.5, 0.6) is 0 Å². The second-order valence-corrected chi connectivity index (χ2v) is 4.86. The Bertz CT molecular complexity index is 447. The number of aromatic nitrogens is 2. The smallest absolute Gasteiger partial charge is 0.408 e. The first kappa shape index (κ1) is 14.0. The van der Waals surface area contributed by atoms with Crippen molar-refractivity contribution in [2.75, 3.05) is 0 Å². The molecule has 0 spiro atoms. The predicted molar refractivity (Wildman–Crippen MR) is 63.0 cm³/mol. The fraction of sp³-hybridized carbons (Fsp3) is 0.545. The normalized spacial score (nSPS) is 12.9. The number of aliphatic carboxylic acids is 1. The number of carboxylic acids is 1. The number of alkyl carbamates (subject to hydrolysis) is 1. The van der Waals surface area contributed by atoms with E-state index in [9.17, 15) is 9.59 Å². The quantitative estimate of drug-likeness (QED) is 0.842. The molecule has 0 unspecified atom stereocenters. The summed E-state index contributed by atoms with van der Waals surface area (Å²) in [6.45, 7) is 5.10. The third kappa shape index (κ3) is 4.08. The summed E-state index contributed by atoms with van der Waals surface area (Å²) in [4.78, 5) is 22.6. The van der Waals surface area contributed by atoms with Gasteiger partial charge in [-0.3, -0.25) is 4.68 Å². The summed E-state index contributed by atoms with van der Waals surface area (Å²) < 4.78 is 6.47. The van der Waals surface area contributed by atoms with Crippen molar-refractivity contribution in [3.63, 3.8) is 0 Å². The van der Waals surface area contributed by atoms with Crippen molar-refractivity contribution in [3.8, 4) is 0 Å². The number of carbonyl (C=O) groups excluding carboxylic acids is 1. The molecule has 1 amide bonds. The van der Waals surface area contributed by atoms with Gasteiger partial charge in [0.15, 0.2) is 6.04 Å². The van der Waals surface area contributed by atoms with Crippen molar-refractivity contribution in [1.82, 2.24) is 15.1 Å². The number of hydrogen-bond donors (Lipinski definition) is 2. The number of rotatable bonds is 3. The predicted octanol–water partition coefficient (Wildman–Crippen LogP) is 1.07. The average Bonchev–Trinajstić information content (AvgIpc) is 2.57. The van der Waals surface area contributed by atoms with E-state index in [1.165, 1.54) is 17.1 Å². The second kappa shape index (κ2) is 5.07. The molecule has 1 rings (SSSR count). The highest BCUT2D eigenvalue weighted by Gasteiger charge is 2.26. The molecule has 0 saturated carbocycles. The molecule has 0 bridgehead atoms. The molecule has 1 atom stereocenters. The van der Waals surface area contributed by atoms with Crippen molar-refractivity contribution in [3.05, 3.63) is 18.0 Å². The molecular weight excluding hydrogens is 238 g/mol. The van der Waals surface area contributed by atoms with Crippen LogP contribution in [-0.4, -0.2) is 32.6 Å². The maximum absolute atomic E-state index is 11.5. The van der Waals surface area contributed by atoms with Crippen LogP contribution in [-0.2, 0) is 16.6 Å². The Labute approximate surface area is 105 Å². The molecule has 7 nitrogen and oxygen atoms in total. The highest BCUT2D eigenvalue weighted by atomic mass is 16.6. The van der Waals surface area contributed by atoms with Crippen molar-refractivity contribution >= 4 is 12.1 Å². The highest BCUT2D eigenvalue weighted by molar-refractivity contribution is 5.81. The van der Waals surface area contributed by atoms with Gasteiger partial charge in [-0.05, 0) is 20.8 Å². The largest absolute Gasteiger partial charge is 0.479 e. The van der Waals surface area contributed by atoms with Gasteiger partial charge in [-0.2, -0.15) is 5.10 Å². The van der Waals surface area contributed by atoms with Gasteiger partial charge in [-0.25, -0.2) is 9.59 Å². The minimum Gasteiger partial charge on any atom is -0.479 e. The molecule has 100 valence electrons. The molecule has 18 heavy (non-hydrogen) atoms. The van der Waals surface area contributed by atoms with E-state index in [0.29, 0.717) is 5.56 Å². The zero-order valence-corrected chi connectivity index (χ0v) is 10.8. The number of hydrogen-bond acceptors (Lipinski definition) is 4. The van der Waals surface area contributed by atoms with E-state index < -0.39 is 23.7 Å². The van der Waals surface area contributed by atoms with E-state index in [-0.39, 0.29) is 0 Å². The summed E-state index contributed by atoms with van der Waals surface area (Å²) in [5.41, 5.74) is -0.293. The van der Waals surface area contributed by atoms with Crippen LogP contribution < -0.4 is 5.32 Å². The van der Waals surface area contributed by atoms with Gasteiger partial charge in [-0.15, -0.1) is 0 Å². The Kier molecular flexibility index (Phi) is 3.95. The van der Waals surface area contributed by atoms with E-state index in [1.807, 2.05) is 0 Å². The molecule has 0 radical (unpaired) electrons. The number of carboxylic acid groups (broad SMARTS) is 1. The molecule has 7 heteroatoms. The molecule has 0 fully saturated rings. The highest BCUT2D eigenvalue weighted by Crippen LogP contribution is 2.14. The van der Waals surface area contributed by atoms with Gasteiger partial charge in [0.25, 0.3) is 0 Å². The van der Waals surface area contributed by atoms with Gasteiger partial charge in [-0.1, -0.05) is 0 Å². The van der Waals surface area contributed by atoms with Gasteiger partial charge in [0, 0.05) is 18.8 Å². The molecule has 2 N–H and O–H groups in total. The van der Waals surface area contributed by atoms with Crippen LogP contribution in [0.3, 0.4) is 0 Å². The molecular formula is C11H17N3O4. The van der Waals surface area contributed by atoms with Crippen LogP contribution in [0.25, 0.3) is 0 Å². The van der Waals surface area contributed by atoms with Crippen LogP contribution in [0, 0.1) is 0 Å². The third-order valence-corrected chi connectivity index (χ3v) is 1.97. The second-order valence-electron chi connectivity index (χ2n) is 4.86. The van der Waals surface area contributed by atoms with E-state index in [4.69, 9.17) is 9.84 Å². The van der Waals surface area contributed by atoms with Crippen LogP contribution in [0.4, 0.5) is 4.79 Å². The SMILES string of the molecule is Cn1cc([C@@H](NC(=O)OC(C)(C)C)C(=O)O)cn1. The van der Waals surface area contributed by atoms with Crippen molar-refractivity contribution in [1.29, 1.82) is 0 Å². The lowest BCUT2D eigenvalue weighted by atomic mass is 10.1. The molecule has 0 aliphatic rings. The molecule has 0 aromatic carbocycles. The Morgan fingerprint density at radius 1 is 1.50 bits per heavy atom. The Balaban J connectivity index is 2.76. The van der Waals surface area contributed by atoms with Crippen molar-refractivity contribution in [2.24, 2.45) is 7.05 Å². The van der Waals surface area contributed by atoms with Gasteiger partial charge >= 0.3 is 12.1 Å². The minimum atomic E-state index is -1.17. The maximum atomic E-state index is 11.5. The number of carbonyl (C=O) groups is 2. The Morgan fingerprint density at radius 2 is 2.11 bits per heavy atom. The fourth-order valence-electron chi connectivity index (χ4n) is 1.30. The number of ether oxygens (including phenoxy) is 1. The molecule has 0 aliphatic carbocycles. The summed E-state index contributed by atoms with van der Waals surface area (Å²) in [7, 11) is 1.66. The third-order valence-electron chi connectivity index (χ3n) is 1.97. The van der Waals surface area contributed by atoms with Crippen molar-refractivity contribution in [2.45, 2.75) is 32.4 Å². The lowest BCUT2D eigenvalue weighted by Crippen LogP contribution is -2.37. The maximum Gasteiger partial charge on any atom is 0.408 e. The van der Waals surface area contributed by atoms with E-state index >= 15 is 0 Å². The summed E-state index contributed by atoms with van der Waals surface area (Å²) >= 11 is 0. The molecule has 0 saturated heterocycles. The molecule has 1 aromatic heterocycles. The topological polar surface area (TPSA) is 93.5 Å². The first-order chi connectivity index (χ1) is 8.19. The van der Waals surface area contributed by atoms with Crippen LogP contribution in [0.1, 0.15) is 32.4 Å². The summed E-state index contributed by atoms with van der Waals surface area (Å²) in [5, 5.41) is 15.2.